The summed E-state index contributed by atoms with van der Waals surface area (Å²) in [4.78, 5) is 17.9. The van der Waals surface area contributed by atoms with Gasteiger partial charge in [-0.3, -0.25) is 14.7 Å². The second-order valence-electron chi connectivity index (χ2n) is 3.92. The Labute approximate surface area is 111 Å². The standard InChI is InChI=1S/C13H16N2O2S/c1-10(16)15(13-14-7-4-8-18-13)11-5-3-6-12(9-11)17-2/h3,5-6,9H,4,7-8H2,1-2H3. The summed E-state index contributed by atoms with van der Waals surface area (Å²) in [6.45, 7) is 2.34. The lowest BCUT2D eigenvalue weighted by molar-refractivity contribution is -0.115. The zero-order valence-electron chi connectivity index (χ0n) is 10.5. The Kier molecular flexibility index (Phi) is 4.25. The third-order valence-electron chi connectivity index (χ3n) is 2.60. The van der Waals surface area contributed by atoms with Gasteiger partial charge in [0.1, 0.15) is 5.75 Å². The van der Waals surface area contributed by atoms with Crippen molar-refractivity contribution in [3.05, 3.63) is 24.3 Å². The van der Waals surface area contributed by atoms with Crippen LogP contribution in [0.4, 0.5) is 5.69 Å². The molecule has 1 aromatic rings. The highest BCUT2D eigenvalue weighted by atomic mass is 32.2. The van der Waals surface area contributed by atoms with Gasteiger partial charge in [0.05, 0.1) is 12.8 Å². The van der Waals surface area contributed by atoms with E-state index in [2.05, 4.69) is 4.99 Å². The molecule has 1 aliphatic rings. The summed E-state index contributed by atoms with van der Waals surface area (Å²) in [5, 5.41) is 0.780. The molecule has 1 amide bonds. The van der Waals surface area contributed by atoms with E-state index in [0.29, 0.717) is 0 Å². The van der Waals surface area contributed by atoms with Crippen LogP contribution in [0.2, 0.25) is 0 Å². The van der Waals surface area contributed by atoms with E-state index in [4.69, 9.17) is 4.74 Å². The second-order valence-corrected chi connectivity index (χ2v) is 4.98. The van der Waals surface area contributed by atoms with E-state index < -0.39 is 0 Å². The van der Waals surface area contributed by atoms with Crippen molar-refractivity contribution >= 4 is 28.5 Å². The first-order valence-electron chi connectivity index (χ1n) is 5.84. The molecular formula is C13H16N2O2S. The Morgan fingerprint density at radius 2 is 2.33 bits per heavy atom. The monoisotopic (exact) mass is 264 g/mol. The van der Waals surface area contributed by atoms with E-state index >= 15 is 0 Å². The summed E-state index contributed by atoms with van der Waals surface area (Å²) in [5.74, 6) is 1.71. The number of thioether (sulfide) groups is 1. The number of methoxy groups -OCH3 is 1. The number of rotatable bonds is 2. The summed E-state index contributed by atoms with van der Waals surface area (Å²) < 4.78 is 5.19. The summed E-state index contributed by atoms with van der Waals surface area (Å²) in [6.07, 6.45) is 1.07. The molecule has 0 atom stereocenters. The summed E-state index contributed by atoms with van der Waals surface area (Å²) in [7, 11) is 1.62. The van der Waals surface area contributed by atoms with Gasteiger partial charge in [0, 0.05) is 25.3 Å². The highest BCUT2D eigenvalue weighted by Gasteiger charge is 2.20. The van der Waals surface area contributed by atoms with Gasteiger partial charge in [-0.2, -0.15) is 0 Å². The van der Waals surface area contributed by atoms with Crippen molar-refractivity contribution in [2.45, 2.75) is 13.3 Å². The maximum Gasteiger partial charge on any atom is 0.230 e. The van der Waals surface area contributed by atoms with Crippen molar-refractivity contribution in [1.29, 1.82) is 0 Å². The summed E-state index contributed by atoms with van der Waals surface area (Å²) >= 11 is 1.62. The molecule has 0 saturated carbocycles. The molecule has 2 rings (SSSR count). The molecule has 0 saturated heterocycles. The molecule has 96 valence electrons. The van der Waals surface area contributed by atoms with Gasteiger partial charge >= 0.3 is 0 Å². The van der Waals surface area contributed by atoms with Crippen molar-refractivity contribution in [3.63, 3.8) is 0 Å². The fourth-order valence-corrected chi connectivity index (χ4v) is 2.76. The van der Waals surface area contributed by atoms with Gasteiger partial charge in [0.15, 0.2) is 5.17 Å². The lowest BCUT2D eigenvalue weighted by Gasteiger charge is -2.24. The number of nitrogens with zero attached hydrogens (tertiary/aromatic N) is 2. The molecule has 0 aliphatic carbocycles. The highest BCUT2D eigenvalue weighted by Crippen LogP contribution is 2.26. The van der Waals surface area contributed by atoms with Gasteiger partial charge in [-0.1, -0.05) is 17.8 Å². The molecule has 0 unspecified atom stereocenters. The lowest BCUT2D eigenvalue weighted by atomic mass is 10.3. The molecule has 0 bridgehead atoms. The van der Waals surface area contributed by atoms with Crippen LogP contribution in [0.5, 0.6) is 5.75 Å². The van der Waals surface area contributed by atoms with Crippen LogP contribution < -0.4 is 9.64 Å². The van der Waals surface area contributed by atoms with Crippen molar-refractivity contribution < 1.29 is 9.53 Å². The quantitative estimate of drug-likeness (QED) is 0.824. The molecule has 1 aromatic carbocycles. The van der Waals surface area contributed by atoms with Gasteiger partial charge < -0.3 is 4.74 Å². The molecule has 0 fully saturated rings. The van der Waals surface area contributed by atoms with Gasteiger partial charge in [-0.25, -0.2) is 0 Å². The number of hydrogen-bond acceptors (Lipinski definition) is 4. The first kappa shape index (κ1) is 13.0. The van der Waals surface area contributed by atoms with E-state index in [1.807, 2.05) is 24.3 Å². The number of ether oxygens (including phenoxy) is 1. The molecular weight excluding hydrogens is 248 g/mol. The number of carbonyl (C=O) groups excluding carboxylic acids is 1. The van der Waals surface area contributed by atoms with E-state index in [1.165, 1.54) is 0 Å². The summed E-state index contributed by atoms with van der Waals surface area (Å²) in [6, 6.07) is 7.47. The zero-order chi connectivity index (χ0) is 13.0. The number of amidine groups is 1. The number of carbonyl (C=O) groups is 1. The van der Waals surface area contributed by atoms with Crippen LogP contribution in [0.3, 0.4) is 0 Å². The Morgan fingerprint density at radius 3 is 2.94 bits per heavy atom. The van der Waals surface area contributed by atoms with Crippen LogP contribution in [0.1, 0.15) is 13.3 Å². The molecule has 1 heterocycles. The minimum absolute atomic E-state index is 0.0311. The summed E-state index contributed by atoms with van der Waals surface area (Å²) in [5.41, 5.74) is 0.801. The Hall–Kier alpha value is -1.49. The number of aliphatic imine (C=N–C) groups is 1. The molecule has 0 N–H and O–H groups in total. The van der Waals surface area contributed by atoms with E-state index in [0.717, 1.165) is 35.3 Å². The molecule has 0 spiro atoms. The van der Waals surface area contributed by atoms with E-state index in [1.54, 1.807) is 30.7 Å². The smallest absolute Gasteiger partial charge is 0.230 e. The first-order valence-corrected chi connectivity index (χ1v) is 6.83. The van der Waals surface area contributed by atoms with Crippen molar-refractivity contribution in [2.24, 2.45) is 4.99 Å². The van der Waals surface area contributed by atoms with Crippen molar-refractivity contribution in [3.8, 4) is 5.75 Å². The maximum atomic E-state index is 11.8. The average Bonchev–Trinajstić information content (AvgIpc) is 2.40. The Balaban J connectivity index is 2.34. The molecule has 4 nitrogen and oxygen atoms in total. The fourth-order valence-electron chi connectivity index (χ4n) is 1.76. The van der Waals surface area contributed by atoms with Crippen LogP contribution in [-0.2, 0) is 4.79 Å². The average molecular weight is 264 g/mol. The second kappa shape index (κ2) is 5.91. The molecule has 0 radical (unpaired) electrons. The minimum Gasteiger partial charge on any atom is -0.497 e. The van der Waals surface area contributed by atoms with Crippen LogP contribution >= 0.6 is 11.8 Å². The van der Waals surface area contributed by atoms with Gasteiger partial charge in [-0.05, 0) is 18.6 Å². The van der Waals surface area contributed by atoms with E-state index in [9.17, 15) is 4.79 Å². The topological polar surface area (TPSA) is 41.9 Å². The van der Waals surface area contributed by atoms with Crippen molar-refractivity contribution in [1.82, 2.24) is 0 Å². The fraction of sp³-hybridized carbons (Fsp3) is 0.385. The normalized spacial score (nSPS) is 14.9. The van der Waals surface area contributed by atoms with E-state index in [-0.39, 0.29) is 5.91 Å². The number of amides is 1. The Morgan fingerprint density at radius 1 is 1.50 bits per heavy atom. The SMILES string of the molecule is COc1cccc(N(C(C)=O)C2=NCCCS2)c1. The lowest BCUT2D eigenvalue weighted by Crippen LogP contribution is -2.34. The molecule has 18 heavy (non-hydrogen) atoms. The van der Waals surface area contributed by atoms with Crippen LogP contribution in [0, 0.1) is 0 Å². The highest BCUT2D eigenvalue weighted by molar-refractivity contribution is 8.14. The van der Waals surface area contributed by atoms with Crippen LogP contribution in [-0.4, -0.2) is 30.5 Å². The largest absolute Gasteiger partial charge is 0.497 e. The molecule has 1 aliphatic heterocycles. The molecule has 5 heteroatoms. The Bertz CT molecular complexity index is 474. The number of benzene rings is 1. The predicted octanol–water partition coefficient (Wildman–Crippen LogP) is 2.54. The maximum absolute atomic E-state index is 11.8. The van der Waals surface area contributed by atoms with Gasteiger partial charge in [-0.15, -0.1) is 0 Å². The first-order chi connectivity index (χ1) is 8.72. The van der Waals surface area contributed by atoms with Crippen LogP contribution in [0.15, 0.2) is 29.3 Å². The van der Waals surface area contributed by atoms with Gasteiger partial charge in [0.2, 0.25) is 5.91 Å². The van der Waals surface area contributed by atoms with Gasteiger partial charge in [0.25, 0.3) is 0 Å². The number of anilines is 1. The van der Waals surface area contributed by atoms with Crippen molar-refractivity contribution in [2.75, 3.05) is 24.3 Å². The molecule has 0 aromatic heterocycles. The third-order valence-corrected chi connectivity index (χ3v) is 3.66. The third kappa shape index (κ3) is 2.85. The number of hydrogen-bond donors (Lipinski definition) is 0. The van der Waals surface area contributed by atoms with Crippen LogP contribution in [0.25, 0.3) is 0 Å². The minimum atomic E-state index is -0.0311. The predicted molar refractivity (Wildman–Crippen MR) is 75.5 cm³/mol. The zero-order valence-corrected chi connectivity index (χ0v) is 11.4.